The van der Waals surface area contributed by atoms with Gasteiger partial charge < -0.3 is 19.5 Å². The van der Waals surface area contributed by atoms with E-state index in [1.807, 2.05) is 0 Å². The van der Waals surface area contributed by atoms with Crippen LogP contribution in [0.2, 0.25) is 0 Å². The fourth-order valence-electron chi connectivity index (χ4n) is 3.89. The van der Waals surface area contributed by atoms with Crippen molar-refractivity contribution in [2.75, 3.05) is 58.5 Å². The summed E-state index contributed by atoms with van der Waals surface area (Å²) in [5.74, 6) is 1.80. The van der Waals surface area contributed by atoms with Crippen LogP contribution in [0.1, 0.15) is 29.1 Å². The van der Waals surface area contributed by atoms with Gasteiger partial charge in [0.25, 0.3) is 0 Å². The van der Waals surface area contributed by atoms with Crippen molar-refractivity contribution in [3.05, 3.63) is 16.3 Å². The van der Waals surface area contributed by atoms with Crippen LogP contribution in [0.5, 0.6) is 0 Å². The van der Waals surface area contributed by atoms with Crippen LogP contribution in [-0.4, -0.2) is 73.6 Å². The van der Waals surface area contributed by atoms with E-state index in [1.54, 1.807) is 18.4 Å². The van der Waals surface area contributed by atoms with Crippen molar-refractivity contribution in [1.82, 2.24) is 14.9 Å². The van der Waals surface area contributed by atoms with Gasteiger partial charge in [0.15, 0.2) is 0 Å². The van der Waals surface area contributed by atoms with E-state index >= 15 is 0 Å². The van der Waals surface area contributed by atoms with E-state index in [0.717, 1.165) is 87.3 Å². The summed E-state index contributed by atoms with van der Waals surface area (Å²) < 4.78 is 16.9. The Labute approximate surface area is 170 Å². The lowest BCUT2D eigenvalue weighted by molar-refractivity contribution is -0.0807. The van der Waals surface area contributed by atoms with E-state index in [2.05, 4.69) is 24.1 Å². The summed E-state index contributed by atoms with van der Waals surface area (Å²) in [5, 5.41) is 4.76. The molecular weight excluding hydrogens is 376 g/mol. The minimum Gasteiger partial charge on any atom is -0.381 e. The Bertz CT molecular complexity index is 813. The van der Waals surface area contributed by atoms with Gasteiger partial charge in [0.2, 0.25) is 0 Å². The van der Waals surface area contributed by atoms with E-state index in [-0.39, 0.29) is 5.60 Å². The monoisotopic (exact) mass is 406 g/mol. The third-order valence-electron chi connectivity index (χ3n) is 5.96. The minimum absolute atomic E-state index is 0.196. The summed E-state index contributed by atoms with van der Waals surface area (Å²) in [6.07, 6.45) is 1.79. The maximum atomic E-state index is 5.89. The van der Waals surface area contributed by atoms with Gasteiger partial charge in [-0.1, -0.05) is 0 Å². The average Bonchev–Trinajstić information content (AvgIpc) is 3.01. The van der Waals surface area contributed by atoms with Gasteiger partial charge in [-0.3, -0.25) is 4.90 Å². The van der Waals surface area contributed by atoms with Crippen molar-refractivity contribution in [1.29, 1.82) is 0 Å². The van der Waals surface area contributed by atoms with Crippen LogP contribution in [0.3, 0.4) is 0 Å². The molecule has 0 radical (unpaired) electrons. The number of thiophene rings is 1. The number of ether oxygens (including phenoxy) is 3. The Kier molecular flexibility index (Phi) is 6.13. The number of aryl methyl sites for hydroxylation is 2. The van der Waals surface area contributed by atoms with Gasteiger partial charge in [-0.05, 0) is 19.4 Å². The lowest BCUT2D eigenvalue weighted by atomic mass is 9.94. The summed E-state index contributed by atoms with van der Waals surface area (Å²) in [4.78, 5) is 14.5. The van der Waals surface area contributed by atoms with Crippen molar-refractivity contribution in [2.24, 2.45) is 0 Å². The van der Waals surface area contributed by atoms with Gasteiger partial charge in [-0.2, -0.15) is 0 Å². The Morgan fingerprint density at radius 2 is 1.82 bits per heavy atom. The molecule has 0 saturated carbocycles. The van der Waals surface area contributed by atoms with Crippen LogP contribution in [-0.2, 0) is 20.8 Å². The molecule has 0 amide bonds. The third kappa shape index (κ3) is 4.16. The van der Waals surface area contributed by atoms with E-state index in [1.165, 1.54) is 10.4 Å². The van der Waals surface area contributed by atoms with Gasteiger partial charge >= 0.3 is 0 Å². The number of fused-ring (bicyclic) bond motifs is 1. The molecule has 0 aliphatic carbocycles. The maximum Gasteiger partial charge on any atom is 0.146 e. The molecule has 2 saturated heterocycles. The zero-order valence-corrected chi connectivity index (χ0v) is 17.9. The molecule has 2 fully saturated rings. The molecule has 0 atom stereocenters. The molecule has 2 aromatic rings. The van der Waals surface area contributed by atoms with E-state index in [9.17, 15) is 0 Å². The van der Waals surface area contributed by atoms with Crippen LogP contribution < -0.4 is 5.32 Å². The molecule has 8 heteroatoms. The average molecular weight is 407 g/mol. The zero-order valence-electron chi connectivity index (χ0n) is 17.0. The Morgan fingerprint density at radius 3 is 2.54 bits per heavy atom. The number of aromatic nitrogens is 2. The molecule has 2 aliphatic heterocycles. The molecular formula is C20H30N4O3S. The minimum atomic E-state index is -0.196. The summed E-state index contributed by atoms with van der Waals surface area (Å²) in [6.45, 7) is 10.7. The third-order valence-corrected chi connectivity index (χ3v) is 7.06. The predicted octanol–water partition coefficient (Wildman–Crippen LogP) is 2.75. The normalized spacial score (nSPS) is 20.5. The fraction of sp³-hybridized carbons (Fsp3) is 0.700. The topological polar surface area (TPSA) is 68.7 Å². The largest absolute Gasteiger partial charge is 0.381 e. The number of morpholine rings is 1. The first-order chi connectivity index (χ1) is 13.6. The van der Waals surface area contributed by atoms with Gasteiger partial charge in [0.1, 0.15) is 16.5 Å². The Balaban J connectivity index is 1.60. The molecule has 0 spiro atoms. The second kappa shape index (κ2) is 8.59. The van der Waals surface area contributed by atoms with Gasteiger partial charge in [0, 0.05) is 57.7 Å². The molecule has 1 N–H and O–H groups in total. The quantitative estimate of drug-likeness (QED) is 0.791. The van der Waals surface area contributed by atoms with Crippen molar-refractivity contribution in [3.63, 3.8) is 0 Å². The summed E-state index contributed by atoms with van der Waals surface area (Å²) in [6, 6.07) is 0. The highest BCUT2D eigenvalue weighted by Crippen LogP contribution is 2.34. The van der Waals surface area contributed by atoms with Gasteiger partial charge in [-0.25, -0.2) is 9.97 Å². The lowest BCUT2D eigenvalue weighted by Gasteiger charge is -2.36. The summed E-state index contributed by atoms with van der Waals surface area (Å²) >= 11 is 1.75. The smallest absolute Gasteiger partial charge is 0.146 e. The van der Waals surface area contributed by atoms with Gasteiger partial charge in [-0.15, -0.1) is 11.3 Å². The summed E-state index contributed by atoms with van der Waals surface area (Å²) in [7, 11) is 1.80. The highest BCUT2D eigenvalue weighted by atomic mass is 32.1. The van der Waals surface area contributed by atoms with E-state index in [4.69, 9.17) is 24.2 Å². The van der Waals surface area contributed by atoms with E-state index in [0.29, 0.717) is 0 Å². The number of rotatable bonds is 6. The standard InChI is InChI=1S/C20H30N4O3S/c1-14-15(2)28-19-17(14)18(21-13-20(25-3)4-8-26-9-5-20)22-16(23-19)12-24-6-10-27-11-7-24/h4-13H2,1-3H3,(H,21,22,23). The number of anilines is 1. The van der Waals surface area contributed by atoms with Crippen LogP contribution >= 0.6 is 11.3 Å². The van der Waals surface area contributed by atoms with Crippen molar-refractivity contribution < 1.29 is 14.2 Å². The molecule has 0 unspecified atom stereocenters. The fourth-order valence-corrected chi connectivity index (χ4v) is 4.94. The molecule has 28 heavy (non-hydrogen) atoms. The second-order valence-corrected chi connectivity index (χ2v) is 8.90. The first-order valence-electron chi connectivity index (χ1n) is 10.0. The van der Waals surface area contributed by atoms with Crippen LogP contribution in [0.15, 0.2) is 0 Å². The first-order valence-corrected chi connectivity index (χ1v) is 10.9. The molecule has 2 aliphatic rings. The number of hydrogen-bond donors (Lipinski definition) is 1. The highest BCUT2D eigenvalue weighted by Gasteiger charge is 2.32. The predicted molar refractivity (Wildman–Crippen MR) is 111 cm³/mol. The molecule has 4 rings (SSSR count). The number of nitrogens with one attached hydrogen (secondary N) is 1. The molecule has 0 aromatic carbocycles. The van der Waals surface area contributed by atoms with Gasteiger partial charge in [0.05, 0.1) is 30.7 Å². The number of hydrogen-bond acceptors (Lipinski definition) is 8. The van der Waals surface area contributed by atoms with Crippen molar-refractivity contribution in [3.8, 4) is 0 Å². The Hall–Kier alpha value is -1.32. The molecule has 7 nitrogen and oxygen atoms in total. The van der Waals surface area contributed by atoms with Crippen molar-refractivity contribution >= 4 is 27.4 Å². The SMILES string of the molecule is COC1(CNc2nc(CN3CCOCC3)nc3sc(C)c(C)c23)CCOCC1. The Morgan fingerprint density at radius 1 is 1.11 bits per heavy atom. The van der Waals surface area contributed by atoms with Crippen LogP contribution in [0, 0.1) is 13.8 Å². The number of nitrogens with zero attached hydrogens (tertiary/aromatic N) is 3. The zero-order chi connectivity index (χ0) is 19.6. The van der Waals surface area contributed by atoms with Crippen LogP contribution in [0.25, 0.3) is 10.2 Å². The van der Waals surface area contributed by atoms with Crippen molar-refractivity contribution in [2.45, 2.75) is 38.8 Å². The highest BCUT2D eigenvalue weighted by molar-refractivity contribution is 7.18. The molecule has 2 aromatic heterocycles. The van der Waals surface area contributed by atoms with E-state index < -0.39 is 0 Å². The summed E-state index contributed by atoms with van der Waals surface area (Å²) in [5.41, 5.74) is 1.07. The lowest BCUT2D eigenvalue weighted by Crippen LogP contribution is -2.44. The first kappa shape index (κ1) is 20.0. The molecule has 4 heterocycles. The van der Waals surface area contributed by atoms with Crippen LogP contribution in [0.4, 0.5) is 5.82 Å². The number of methoxy groups -OCH3 is 1. The molecule has 154 valence electrons. The second-order valence-electron chi connectivity index (χ2n) is 7.69. The molecule has 0 bridgehead atoms. The maximum absolute atomic E-state index is 5.89.